The zero-order valence-corrected chi connectivity index (χ0v) is 10.3. The quantitative estimate of drug-likeness (QED) is 0.718. The summed E-state index contributed by atoms with van der Waals surface area (Å²) in [5.74, 6) is 0.834. The molecule has 0 bridgehead atoms. The molecule has 88 valence electrons. The maximum Gasteiger partial charge on any atom is 0.410 e. The van der Waals surface area contributed by atoms with Crippen molar-refractivity contribution in [2.45, 2.75) is 46.6 Å². The topological polar surface area (TPSA) is 29.5 Å². The van der Waals surface area contributed by atoms with Gasteiger partial charge in [-0.2, -0.15) is 0 Å². The van der Waals surface area contributed by atoms with Crippen LogP contribution in [-0.4, -0.2) is 30.2 Å². The summed E-state index contributed by atoms with van der Waals surface area (Å²) in [6.45, 7) is 10.2. The lowest BCUT2D eigenvalue weighted by molar-refractivity contribution is 0.00358. The second kappa shape index (κ2) is 5.38. The molecular formula is C12H23NO2. The molecule has 1 heterocycles. The number of ether oxygens (including phenoxy) is 1. The number of nitrogens with zero attached hydrogens (tertiary/aromatic N) is 1. The van der Waals surface area contributed by atoms with E-state index < -0.39 is 0 Å². The molecule has 0 radical (unpaired) electrons. The van der Waals surface area contributed by atoms with Gasteiger partial charge in [0, 0.05) is 13.1 Å². The van der Waals surface area contributed by atoms with E-state index in [0.717, 1.165) is 25.9 Å². The third-order valence-electron chi connectivity index (χ3n) is 3.21. The Labute approximate surface area is 92.8 Å². The molecule has 1 unspecified atom stereocenters. The highest BCUT2D eigenvalue weighted by Gasteiger charge is 2.28. The largest absolute Gasteiger partial charge is 0.446 e. The Balaban J connectivity index is 2.46. The van der Waals surface area contributed by atoms with Gasteiger partial charge in [-0.3, -0.25) is 0 Å². The molecule has 3 nitrogen and oxygen atoms in total. The molecule has 0 spiro atoms. The van der Waals surface area contributed by atoms with Gasteiger partial charge < -0.3 is 9.64 Å². The van der Waals surface area contributed by atoms with Crippen LogP contribution in [0.25, 0.3) is 0 Å². The molecule has 1 fully saturated rings. The summed E-state index contributed by atoms with van der Waals surface area (Å²) < 4.78 is 5.56. The van der Waals surface area contributed by atoms with Gasteiger partial charge in [0.05, 0.1) is 0 Å². The summed E-state index contributed by atoms with van der Waals surface area (Å²) in [7, 11) is 0. The molecule has 0 aromatic carbocycles. The van der Waals surface area contributed by atoms with Crippen LogP contribution >= 0.6 is 0 Å². The van der Waals surface area contributed by atoms with Crippen molar-refractivity contribution in [2.75, 3.05) is 13.1 Å². The van der Waals surface area contributed by atoms with E-state index in [0.29, 0.717) is 11.8 Å². The summed E-state index contributed by atoms with van der Waals surface area (Å²) in [6.07, 6.45) is 2.10. The normalized spacial score (nSPS) is 19.7. The fraction of sp³-hybridized carbons (Fsp3) is 0.917. The van der Waals surface area contributed by atoms with E-state index in [1.165, 1.54) is 0 Å². The molecule has 1 aliphatic heterocycles. The number of amides is 1. The van der Waals surface area contributed by atoms with Crippen molar-refractivity contribution in [2.24, 2.45) is 11.8 Å². The van der Waals surface area contributed by atoms with E-state index in [1.807, 2.05) is 0 Å². The molecule has 0 aromatic heterocycles. The fourth-order valence-electron chi connectivity index (χ4n) is 1.83. The second-order valence-electron chi connectivity index (χ2n) is 4.82. The molecule has 1 saturated heterocycles. The van der Waals surface area contributed by atoms with E-state index in [1.54, 1.807) is 4.90 Å². The van der Waals surface area contributed by atoms with E-state index in [2.05, 4.69) is 27.7 Å². The summed E-state index contributed by atoms with van der Waals surface area (Å²) in [6, 6.07) is 0. The average Bonchev–Trinajstić information content (AvgIpc) is 2.09. The first-order valence-electron chi connectivity index (χ1n) is 6.01. The lowest BCUT2D eigenvalue weighted by Gasteiger charge is -2.34. The van der Waals surface area contributed by atoms with Crippen LogP contribution in [0.3, 0.4) is 0 Å². The van der Waals surface area contributed by atoms with Crippen LogP contribution in [0.5, 0.6) is 0 Å². The molecule has 0 N–H and O–H groups in total. The van der Waals surface area contributed by atoms with Gasteiger partial charge in [-0.15, -0.1) is 0 Å². The Hall–Kier alpha value is -0.730. The van der Waals surface area contributed by atoms with E-state index in [4.69, 9.17) is 4.74 Å². The summed E-state index contributed by atoms with van der Waals surface area (Å²) >= 11 is 0. The van der Waals surface area contributed by atoms with Crippen LogP contribution in [0, 0.1) is 11.8 Å². The average molecular weight is 213 g/mol. The van der Waals surface area contributed by atoms with Crippen molar-refractivity contribution in [1.29, 1.82) is 0 Å². The Morgan fingerprint density at radius 2 is 1.93 bits per heavy atom. The van der Waals surface area contributed by atoms with Crippen molar-refractivity contribution in [3.05, 3.63) is 0 Å². The van der Waals surface area contributed by atoms with E-state index in [-0.39, 0.29) is 12.2 Å². The first kappa shape index (κ1) is 12.3. The SMILES string of the molecule is CCC(C)[C@H](OC(=O)N1CCC1)C(C)C. The molecule has 3 heteroatoms. The number of hydrogen-bond donors (Lipinski definition) is 0. The highest BCUT2D eigenvalue weighted by atomic mass is 16.6. The predicted octanol–water partition coefficient (Wildman–Crippen LogP) is 2.90. The smallest absolute Gasteiger partial charge is 0.410 e. The highest BCUT2D eigenvalue weighted by molar-refractivity contribution is 5.68. The Kier molecular flexibility index (Phi) is 4.43. The van der Waals surface area contributed by atoms with Crippen LogP contribution in [0.2, 0.25) is 0 Å². The van der Waals surface area contributed by atoms with Crippen molar-refractivity contribution in [3.8, 4) is 0 Å². The van der Waals surface area contributed by atoms with Gasteiger partial charge in [0.2, 0.25) is 0 Å². The molecule has 0 saturated carbocycles. The number of carbonyl (C=O) groups excluding carboxylic acids is 1. The van der Waals surface area contributed by atoms with Crippen molar-refractivity contribution >= 4 is 6.09 Å². The van der Waals surface area contributed by atoms with Crippen LogP contribution in [0.15, 0.2) is 0 Å². The monoisotopic (exact) mass is 213 g/mol. The predicted molar refractivity (Wildman–Crippen MR) is 60.8 cm³/mol. The van der Waals surface area contributed by atoms with Crippen LogP contribution in [-0.2, 0) is 4.74 Å². The lowest BCUT2D eigenvalue weighted by atomic mass is 9.93. The van der Waals surface area contributed by atoms with Gasteiger partial charge in [-0.25, -0.2) is 4.79 Å². The third-order valence-corrected chi connectivity index (χ3v) is 3.21. The number of carbonyl (C=O) groups is 1. The number of hydrogen-bond acceptors (Lipinski definition) is 2. The van der Waals surface area contributed by atoms with Gasteiger partial charge in [-0.1, -0.05) is 34.1 Å². The fourth-order valence-corrected chi connectivity index (χ4v) is 1.83. The number of rotatable bonds is 4. The second-order valence-corrected chi connectivity index (χ2v) is 4.82. The Bertz CT molecular complexity index is 212. The molecule has 2 atom stereocenters. The number of likely N-dealkylation sites (tertiary alicyclic amines) is 1. The Morgan fingerprint density at radius 1 is 1.33 bits per heavy atom. The summed E-state index contributed by atoms with van der Waals surface area (Å²) in [4.78, 5) is 13.4. The first-order chi connectivity index (χ1) is 7.06. The van der Waals surface area contributed by atoms with Gasteiger partial charge in [0.25, 0.3) is 0 Å². The zero-order valence-electron chi connectivity index (χ0n) is 10.3. The molecular weight excluding hydrogens is 190 g/mol. The molecule has 0 aliphatic carbocycles. The van der Waals surface area contributed by atoms with Crippen molar-refractivity contribution in [3.63, 3.8) is 0 Å². The van der Waals surface area contributed by atoms with E-state index in [9.17, 15) is 4.79 Å². The van der Waals surface area contributed by atoms with Crippen LogP contribution in [0.1, 0.15) is 40.5 Å². The van der Waals surface area contributed by atoms with Gasteiger partial charge in [-0.05, 0) is 18.3 Å². The molecule has 1 rings (SSSR count). The highest BCUT2D eigenvalue weighted by Crippen LogP contribution is 2.21. The maximum absolute atomic E-state index is 11.7. The van der Waals surface area contributed by atoms with Crippen LogP contribution in [0.4, 0.5) is 4.79 Å². The molecule has 15 heavy (non-hydrogen) atoms. The Morgan fingerprint density at radius 3 is 2.27 bits per heavy atom. The minimum absolute atomic E-state index is 0.0584. The first-order valence-corrected chi connectivity index (χ1v) is 6.01. The zero-order chi connectivity index (χ0) is 11.4. The van der Waals surface area contributed by atoms with E-state index >= 15 is 0 Å². The van der Waals surface area contributed by atoms with Crippen molar-refractivity contribution in [1.82, 2.24) is 4.90 Å². The molecule has 1 aliphatic rings. The summed E-state index contributed by atoms with van der Waals surface area (Å²) in [5, 5.41) is 0. The van der Waals surface area contributed by atoms with Crippen molar-refractivity contribution < 1.29 is 9.53 Å². The van der Waals surface area contributed by atoms with Gasteiger partial charge >= 0.3 is 6.09 Å². The lowest BCUT2D eigenvalue weighted by Crippen LogP contribution is -2.45. The van der Waals surface area contributed by atoms with Crippen LogP contribution < -0.4 is 0 Å². The summed E-state index contributed by atoms with van der Waals surface area (Å²) in [5.41, 5.74) is 0. The standard InChI is InChI=1S/C12H23NO2/c1-5-10(4)11(9(2)3)15-12(14)13-7-6-8-13/h9-11H,5-8H2,1-4H3/t10?,11-/m1/s1. The third kappa shape index (κ3) is 3.11. The van der Waals surface area contributed by atoms with Gasteiger partial charge in [0.1, 0.15) is 6.10 Å². The minimum Gasteiger partial charge on any atom is -0.446 e. The maximum atomic E-state index is 11.7. The molecule has 0 aromatic rings. The molecule has 1 amide bonds. The minimum atomic E-state index is -0.125. The van der Waals surface area contributed by atoms with Gasteiger partial charge in [0.15, 0.2) is 0 Å².